The Morgan fingerprint density at radius 2 is 1.35 bits per heavy atom. The molecule has 6 aromatic rings. The number of aromatic nitrogens is 4. The van der Waals surface area contributed by atoms with Crippen LogP contribution >= 0.6 is 15.9 Å². The number of benzene rings is 4. The summed E-state index contributed by atoms with van der Waals surface area (Å²) < 4.78 is 92.9. The van der Waals surface area contributed by atoms with Crippen LogP contribution in [0, 0.1) is 11.6 Å². The Balaban J connectivity index is 1.01. The van der Waals surface area contributed by atoms with E-state index in [1.165, 1.54) is 102 Å². The van der Waals surface area contributed by atoms with Crippen molar-refractivity contribution in [2.75, 3.05) is 28.8 Å². The standard InChI is InChI=1S/C36H30BrF2N7O7S2/c1-52-36(47)32-15-30(11-13-34(32)45(54(48)49)28-16-40-43(19-28)26-7-3-24(38)4-8-26)53-31-21-42(22-31)18-23-2-12-35(33(37)14-23)46(55(50)51)29-17-41-44(20-29)27-9-5-25(39)6-10-27/h2-17,19-20,31H,18,21-22H2,1H3,(H,48,49)(H,50,51)/p-2. The number of hydrogen-bond acceptors (Lipinski definition) is 10. The summed E-state index contributed by atoms with van der Waals surface area (Å²) in [5, 5.41) is 8.43. The zero-order valence-electron chi connectivity index (χ0n) is 28.5. The van der Waals surface area contributed by atoms with Crippen LogP contribution in [0.2, 0.25) is 0 Å². The molecule has 1 saturated heterocycles. The maximum Gasteiger partial charge on any atom is 0.340 e. The minimum Gasteiger partial charge on any atom is -0.755 e. The fourth-order valence-electron chi connectivity index (χ4n) is 5.95. The van der Waals surface area contributed by atoms with Gasteiger partial charge in [-0.2, -0.15) is 10.2 Å². The van der Waals surface area contributed by atoms with Crippen molar-refractivity contribution in [2.24, 2.45) is 0 Å². The van der Waals surface area contributed by atoms with Gasteiger partial charge >= 0.3 is 5.97 Å². The highest BCUT2D eigenvalue weighted by Gasteiger charge is 2.30. The molecule has 2 atom stereocenters. The van der Waals surface area contributed by atoms with Crippen molar-refractivity contribution in [1.82, 2.24) is 24.5 Å². The van der Waals surface area contributed by atoms with E-state index in [4.69, 9.17) is 9.47 Å². The molecule has 284 valence electrons. The van der Waals surface area contributed by atoms with Crippen LogP contribution < -0.4 is 13.3 Å². The summed E-state index contributed by atoms with van der Waals surface area (Å²) in [7, 11) is 1.18. The van der Waals surface area contributed by atoms with E-state index < -0.39 is 40.1 Å². The lowest BCUT2D eigenvalue weighted by Crippen LogP contribution is -2.53. The van der Waals surface area contributed by atoms with Crippen molar-refractivity contribution in [2.45, 2.75) is 12.6 Å². The van der Waals surface area contributed by atoms with Crippen LogP contribution in [0.5, 0.6) is 5.75 Å². The Hall–Kier alpha value is -5.31. The molecule has 0 aliphatic carbocycles. The van der Waals surface area contributed by atoms with Gasteiger partial charge in [-0.3, -0.25) is 21.9 Å². The van der Waals surface area contributed by atoms with Crippen LogP contribution in [0.1, 0.15) is 15.9 Å². The van der Waals surface area contributed by atoms with Crippen molar-refractivity contribution in [1.29, 1.82) is 0 Å². The molecule has 3 heterocycles. The molecule has 55 heavy (non-hydrogen) atoms. The lowest BCUT2D eigenvalue weighted by molar-refractivity contribution is 0.0144. The van der Waals surface area contributed by atoms with Crippen molar-refractivity contribution in [3.63, 3.8) is 0 Å². The van der Waals surface area contributed by atoms with Gasteiger partial charge in [0.1, 0.15) is 23.5 Å². The van der Waals surface area contributed by atoms with Gasteiger partial charge in [-0.15, -0.1) is 0 Å². The van der Waals surface area contributed by atoms with E-state index >= 15 is 0 Å². The average Bonchev–Trinajstić information content (AvgIpc) is 3.83. The van der Waals surface area contributed by atoms with E-state index in [9.17, 15) is 31.1 Å². The summed E-state index contributed by atoms with van der Waals surface area (Å²) in [4.78, 5) is 15.0. The fourth-order valence-corrected chi connectivity index (χ4v) is 7.84. The quantitative estimate of drug-likeness (QED) is 0.0994. The van der Waals surface area contributed by atoms with Gasteiger partial charge in [0.25, 0.3) is 0 Å². The monoisotopic (exact) mass is 851 g/mol. The van der Waals surface area contributed by atoms with Gasteiger partial charge in [0, 0.05) is 24.1 Å². The molecule has 19 heteroatoms. The number of methoxy groups -OCH3 is 1. The number of ether oxygens (including phenoxy) is 2. The third-order valence-corrected chi connectivity index (χ3v) is 10.6. The summed E-state index contributed by atoms with van der Waals surface area (Å²) >= 11 is -2.05. The third-order valence-electron chi connectivity index (χ3n) is 8.54. The second kappa shape index (κ2) is 16.2. The molecule has 0 N–H and O–H groups in total. The van der Waals surface area contributed by atoms with E-state index in [-0.39, 0.29) is 28.7 Å². The van der Waals surface area contributed by atoms with Gasteiger partial charge in [-0.25, -0.2) is 22.9 Å². The van der Waals surface area contributed by atoms with Crippen LogP contribution in [0.4, 0.5) is 31.5 Å². The molecular weight excluding hydrogens is 824 g/mol. The normalized spacial score (nSPS) is 14.2. The number of carbonyl (C=O) groups is 1. The molecule has 4 aromatic carbocycles. The minimum atomic E-state index is -2.87. The molecule has 1 aliphatic heterocycles. The lowest BCUT2D eigenvalue weighted by Gasteiger charge is -2.39. The highest BCUT2D eigenvalue weighted by atomic mass is 79.9. The predicted molar refractivity (Wildman–Crippen MR) is 201 cm³/mol. The first kappa shape index (κ1) is 38.0. The maximum atomic E-state index is 13.4. The molecule has 7 rings (SSSR count). The van der Waals surface area contributed by atoms with E-state index in [2.05, 4.69) is 31.0 Å². The highest BCUT2D eigenvalue weighted by Crippen LogP contribution is 2.36. The number of anilines is 4. The molecule has 1 fully saturated rings. The largest absolute Gasteiger partial charge is 0.755 e. The predicted octanol–water partition coefficient (Wildman–Crippen LogP) is 6.01. The molecule has 2 aromatic heterocycles. The van der Waals surface area contributed by atoms with E-state index in [1.807, 2.05) is 12.1 Å². The van der Waals surface area contributed by atoms with Crippen molar-refractivity contribution >= 4 is 67.2 Å². The number of hydrogen-bond donors (Lipinski definition) is 0. The van der Waals surface area contributed by atoms with Crippen LogP contribution in [0.3, 0.4) is 0 Å². The number of nitrogens with zero attached hydrogens (tertiary/aromatic N) is 7. The topological polar surface area (TPSA) is 161 Å². The van der Waals surface area contributed by atoms with Gasteiger partial charge in [0.05, 0.1) is 94.1 Å². The molecule has 0 amide bonds. The summed E-state index contributed by atoms with van der Waals surface area (Å²) in [5.74, 6) is -1.29. The molecule has 0 bridgehead atoms. The van der Waals surface area contributed by atoms with Gasteiger partial charge < -0.3 is 18.6 Å². The van der Waals surface area contributed by atoms with Crippen LogP contribution in [0.25, 0.3) is 11.4 Å². The summed E-state index contributed by atoms with van der Waals surface area (Å²) in [6.45, 7) is 1.60. The van der Waals surface area contributed by atoms with Crippen molar-refractivity contribution in [3.8, 4) is 17.1 Å². The zero-order chi connectivity index (χ0) is 38.8. The molecule has 14 nitrogen and oxygen atoms in total. The number of carbonyl (C=O) groups excluding carboxylic acids is 1. The number of rotatable bonds is 13. The number of esters is 1. The van der Waals surface area contributed by atoms with Gasteiger partial charge in [0.15, 0.2) is 0 Å². The Kier molecular flexibility index (Phi) is 11.2. The molecule has 0 saturated carbocycles. The molecule has 0 spiro atoms. The summed E-state index contributed by atoms with van der Waals surface area (Å²) in [6.07, 6.45) is 5.41. The fraction of sp³-hybridized carbons (Fsp3) is 0.139. The second-order valence-corrected chi connectivity index (χ2v) is 14.6. The minimum absolute atomic E-state index is 0.0107. The van der Waals surface area contributed by atoms with Gasteiger partial charge in [-0.05, 0) is 100 Å². The van der Waals surface area contributed by atoms with E-state index in [1.54, 1.807) is 12.1 Å². The number of halogens is 3. The Labute approximate surface area is 326 Å². The van der Waals surface area contributed by atoms with Gasteiger partial charge in [-0.1, -0.05) is 6.07 Å². The molecule has 0 radical (unpaired) electrons. The second-order valence-electron chi connectivity index (χ2n) is 12.2. The Bertz CT molecular complexity index is 2390. The van der Waals surface area contributed by atoms with Crippen LogP contribution in [-0.4, -0.2) is 74.3 Å². The summed E-state index contributed by atoms with van der Waals surface area (Å²) in [6, 6.07) is 20.8. The molecule has 2 unspecified atom stereocenters. The SMILES string of the molecule is COC(=O)c1cc(OC2CN(Cc3ccc(N(c4cnn(-c5ccc(F)cc5)c4)S(=O)[O-])c(Br)c3)C2)ccc1N(c1cnn(-c2ccc(F)cc2)c1)S(=O)[O-]. The van der Waals surface area contributed by atoms with E-state index in [0.29, 0.717) is 46.9 Å². The smallest absolute Gasteiger partial charge is 0.340 e. The Morgan fingerprint density at radius 3 is 1.85 bits per heavy atom. The lowest BCUT2D eigenvalue weighted by atomic mass is 10.1. The first-order chi connectivity index (χ1) is 26.5. The van der Waals surface area contributed by atoms with Crippen LogP contribution in [0.15, 0.2) is 114 Å². The first-order valence-corrected chi connectivity index (χ1v) is 19.1. The average molecular weight is 853 g/mol. The maximum absolute atomic E-state index is 13.4. The number of likely N-dealkylation sites (tertiary alicyclic amines) is 1. The highest BCUT2D eigenvalue weighted by molar-refractivity contribution is 9.10. The first-order valence-electron chi connectivity index (χ1n) is 16.3. The summed E-state index contributed by atoms with van der Waals surface area (Å²) in [5.41, 5.74) is 2.68. The molecular formula is C36H28BrF2N7O7S2-2. The van der Waals surface area contributed by atoms with Crippen molar-refractivity contribution in [3.05, 3.63) is 137 Å². The van der Waals surface area contributed by atoms with Crippen molar-refractivity contribution < 1.29 is 40.6 Å². The van der Waals surface area contributed by atoms with Gasteiger partial charge in [0.2, 0.25) is 0 Å². The molecule has 1 aliphatic rings. The van der Waals surface area contributed by atoms with Crippen LogP contribution in [-0.2, 0) is 33.8 Å². The Morgan fingerprint density at radius 1 is 0.818 bits per heavy atom. The third kappa shape index (κ3) is 8.36. The zero-order valence-corrected chi connectivity index (χ0v) is 31.7. The van der Waals surface area contributed by atoms with E-state index in [0.717, 1.165) is 14.2 Å².